The number of nitrogens with zero attached hydrogens (tertiary/aromatic N) is 1. The Morgan fingerprint density at radius 1 is 1.33 bits per heavy atom. The topological polar surface area (TPSA) is 99.4 Å². The summed E-state index contributed by atoms with van der Waals surface area (Å²) < 4.78 is 19.2. The van der Waals surface area contributed by atoms with Crippen molar-refractivity contribution in [3.05, 3.63) is 57.9 Å². The molecule has 24 heavy (non-hydrogen) atoms. The second-order valence-electron chi connectivity index (χ2n) is 5.15. The minimum Gasteiger partial charge on any atom is -0.506 e. The van der Waals surface area contributed by atoms with Crippen molar-refractivity contribution in [2.24, 2.45) is 5.16 Å². The first-order valence-corrected chi connectivity index (χ1v) is 7.23. The predicted octanol–water partition coefficient (Wildman–Crippen LogP) is 2.80. The van der Waals surface area contributed by atoms with Crippen molar-refractivity contribution >= 4 is 23.3 Å². The number of carbonyl (C=O) groups is 1. The zero-order valence-corrected chi connectivity index (χ0v) is 12.8. The molecule has 1 heterocycles. The number of halogens is 2. The molecule has 1 atom stereocenters. The molecule has 0 bridgehead atoms. The molecular formula is C16H11ClFNO5. The van der Waals surface area contributed by atoms with E-state index in [1.54, 1.807) is 6.07 Å². The molecule has 1 unspecified atom stereocenters. The smallest absolute Gasteiger partial charge is 0.345 e. The molecule has 3 rings (SSSR count). The molecular weight excluding hydrogens is 341 g/mol. The fourth-order valence-corrected chi connectivity index (χ4v) is 2.83. The summed E-state index contributed by atoms with van der Waals surface area (Å²) in [6.45, 7) is 0. The first-order valence-electron chi connectivity index (χ1n) is 6.85. The van der Waals surface area contributed by atoms with Gasteiger partial charge in [0.05, 0.1) is 0 Å². The van der Waals surface area contributed by atoms with Crippen LogP contribution in [0.2, 0.25) is 5.02 Å². The third-order valence-corrected chi connectivity index (χ3v) is 4.05. The van der Waals surface area contributed by atoms with Gasteiger partial charge in [0.1, 0.15) is 28.1 Å². The summed E-state index contributed by atoms with van der Waals surface area (Å²) in [4.78, 5) is 11.1. The molecule has 0 radical (unpaired) electrons. The number of carboxylic acids is 1. The molecule has 2 aromatic rings. The van der Waals surface area contributed by atoms with Crippen molar-refractivity contribution in [3.8, 4) is 11.5 Å². The van der Waals surface area contributed by atoms with Crippen LogP contribution in [0.1, 0.15) is 16.7 Å². The highest BCUT2D eigenvalue weighted by Gasteiger charge is 2.34. The van der Waals surface area contributed by atoms with Gasteiger partial charge in [-0.05, 0) is 18.2 Å². The third kappa shape index (κ3) is 2.52. The highest BCUT2D eigenvalue weighted by molar-refractivity contribution is 6.35. The van der Waals surface area contributed by atoms with Crippen molar-refractivity contribution < 1.29 is 29.3 Å². The zero-order chi connectivity index (χ0) is 17.4. The summed E-state index contributed by atoms with van der Waals surface area (Å²) >= 11 is 6.04. The van der Waals surface area contributed by atoms with Gasteiger partial charge in [-0.1, -0.05) is 28.9 Å². The van der Waals surface area contributed by atoms with E-state index >= 15 is 0 Å². The quantitative estimate of drug-likeness (QED) is 0.448. The lowest BCUT2D eigenvalue weighted by molar-refractivity contribution is -0.144. The standard InChI is InChI=1S/C16H11ClFNO5/c17-12-14(20)9(5-7-6-11(16(21)22)24-15(7)12)13(19-23)8-3-1-2-4-10(8)18/h1-5,11,20,23H,6H2,(H,21,22)/b19-13-. The van der Waals surface area contributed by atoms with Gasteiger partial charge in [0.15, 0.2) is 6.10 Å². The average molecular weight is 352 g/mol. The molecule has 0 amide bonds. The molecule has 3 N–H and O–H groups in total. The summed E-state index contributed by atoms with van der Waals surface area (Å²) in [5, 5.41) is 31.5. The first kappa shape index (κ1) is 16.1. The second-order valence-corrected chi connectivity index (χ2v) is 5.53. The maximum absolute atomic E-state index is 14.0. The molecule has 0 aromatic heterocycles. The Morgan fingerprint density at radius 3 is 2.67 bits per heavy atom. The van der Waals surface area contributed by atoms with Crippen molar-refractivity contribution in [1.82, 2.24) is 0 Å². The molecule has 0 fully saturated rings. The number of phenolic OH excluding ortho intramolecular Hbond substituents is 1. The van der Waals surface area contributed by atoms with Gasteiger partial charge in [0.2, 0.25) is 0 Å². The second kappa shape index (κ2) is 6.01. The summed E-state index contributed by atoms with van der Waals surface area (Å²) in [5.74, 6) is -2.26. The Morgan fingerprint density at radius 2 is 2.04 bits per heavy atom. The van der Waals surface area contributed by atoms with Crippen molar-refractivity contribution in [1.29, 1.82) is 0 Å². The average Bonchev–Trinajstić information content (AvgIpc) is 2.99. The number of ether oxygens (including phenoxy) is 1. The SMILES string of the molecule is O=C(O)C1Cc2cc(/C(=N\O)c3ccccc3F)c(O)c(Cl)c2O1. The number of hydrogen-bond donors (Lipinski definition) is 3. The molecule has 0 spiro atoms. The number of benzene rings is 2. The van der Waals surface area contributed by atoms with E-state index in [0.717, 1.165) is 0 Å². The number of fused-ring (bicyclic) bond motifs is 1. The number of carboxylic acid groups (broad SMARTS) is 1. The summed E-state index contributed by atoms with van der Waals surface area (Å²) in [6.07, 6.45) is -1.11. The van der Waals surface area contributed by atoms with E-state index < -0.39 is 23.6 Å². The van der Waals surface area contributed by atoms with Gasteiger partial charge in [-0.3, -0.25) is 0 Å². The van der Waals surface area contributed by atoms with E-state index in [1.165, 1.54) is 24.3 Å². The van der Waals surface area contributed by atoms with E-state index in [-0.39, 0.29) is 34.0 Å². The van der Waals surface area contributed by atoms with Gasteiger partial charge in [0, 0.05) is 23.1 Å². The molecule has 1 aliphatic heterocycles. The van der Waals surface area contributed by atoms with E-state index in [1.807, 2.05) is 0 Å². The predicted molar refractivity (Wildman–Crippen MR) is 82.7 cm³/mol. The van der Waals surface area contributed by atoms with Crippen LogP contribution in [0.15, 0.2) is 35.5 Å². The fourth-order valence-electron chi connectivity index (χ4n) is 2.56. The molecule has 2 aromatic carbocycles. The lowest BCUT2D eigenvalue weighted by atomic mass is 9.97. The lowest BCUT2D eigenvalue weighted by Crippen LogP contribution is -2.24. The van der Waals surface area contributed by atoms with Crippen molar-refractivity contribution in [3.63, 3.8) is 0 Å². The van der Waals surface area contributed by atoms with Crippen molar-refractivity contribution in [2.75, 3.05) is 0 Å². The Kier molecular flexibility index (Phi) is 4.02. The highest BCUT2D eigenvalue weighted by atomic mass is 35.5. The number of aliphatic carboxylic acids is 1. The van der Waals surface area contributed by atoms with Crippen molar-refractivity contribution in [2.45, 2.75) is 12.5 Å². The molecule has 1 aliphatic rings. The fraction of sp³-hybridized carbons (Fsp3) is 0.125. The van der Waals surface area contributed by atoms with E-state index in [9.17, 15) is 19.5 Å². The van der Waals surface area contributed by atoms with Crippen LogP contribution in [0.25, 0.3) is 0 Å². The van der Waals surface area contributed by atoms with E-state index in [0.29, 0.717) is 5.56 Å². The van der Waals surface area contributed by atoms with Gasteiger partial charge in [-0.15, -0.1) is 0 Å². The normalized spacial score (nSPS) is 16.6. The minimum atomic E-state index is -1.17. The molecule has 124 valence electrons. The van der Waals surface area contributed by atoms with Crippen LogP contribution in [0.3, 0.4) is 0 Å². The number of oxime groups is 1. The van der Waals surface area contributed by atoms with Gasteiger partial charge >= 0.3 is 5.97 Å². The van der Waals surface area contributed by atoms with E-state index in [4.69, 9.17) is 21.4 Å². The van der Waals surface area contributed by atoms with Crippen LogP contribution in [-0.4, -0.2) is 33.2 Å². The summed E-state index contributed by atoms with van der Waals surface area (Å²) in [5.41, 5.74) is 0.118. The number of phenols is 1. The Labute approximate surface area is 140 Å². The minimum absolute atomic E-state index is 0.0215. The first-order chi connectivity index (χ1) is 11.4. The maximum Gasteiger partial charge on any atom is 0.345 e. The number of aromatic hydroxyl groups is 1. The lowest BCUT2D eigenvalue weighted by Gasteiger charge is -2.12. The highest BCUT2D eigenvalue weighted by Crippen LogP contribution is 2.44. The molecule has 6 nitrogen and oxygen atoms in total. The van der Waals surface area contributed by atoms with Gasteiger partial charge < -0.3 is 20.2 Å². The Balaban J connectivity index is 2.14. The van der Waals surface area contributed by atoms with Gasteiger partial charge in [0.25, 0.3) is 0 Å². The van der Waals surface area contributed by atoms with E-state index in [2.05, 4.69) is 5.16 Å². The number of rotatable bonds is 3. The summed E-state index contributed by atoms with van der Waals surface area (Å²) in [7, 11) is 0. The summed E-state index contributed by atoms with van der Waals surface area (Å²) in [6, 6.07) is 6.94. The van der Waals surface area contributed by atoms with Crippen LogP contribution in [0.4, 0.5) is 4.39 Å². The molecule has 8 heteroatoms. The monoisotopic (exact) mass is 351 g/mol. The van der Waals surface area contributed by atoms with Crippen LogP contribution >= 0.6 is 11.6 Å². The Bertz CT molecular complexity index is 868. The molecule has 0 aliphatic carbocycles. The molecule has 0 saturated carbocycles. The van der Waals surface area contributed by atoms with Crippen LogP contribution < -0.4 is 4.74 Å². The zero-order valence-electron chi connectivity index (χ0n) is 12.0. The maximum atomic E-state index is 14.0. The molecule has 0 saturated heterocycles. The largest absolute Gasteiger partial charge is 0.506 e. The van der Waals surface area contributed by atoms with Crippen LogP contribution in [-0.2, 0) is 11.2 Å². The van der Waals surface area contributed by atoms with Gasteiger partial charge in [-0.2, -0.15) is 0 Å². The van der Waals surface area contributed by atoms with Crippen LogP contribution in [0.5, 0.6) is 11.5 Å². The van der Waals surface area contributed by atoms with Crippen LogP contribution in [0, 0.1) is 5.82 Å². The third-order valence-electron chi connectivity index (χ3n) is 3.70. The van der Waals surface area contributed by atoms with Gasteiger partial charge in [-0.25, -0.2) is 9.18 Å². The number of hydrogen-bond acceptors (Lipinski definition) is 5. The Hall–Kier alpha value is -2.80.